The lowest BCUT2D eigenvalue weighted by atomic mass is 10.1. The van der Waals surface area contributed by atoms with Crippen LogP contribution in [0.4, 0.5) is 23.8 Å². The Morgan fingerprint density at radius 2 is 1.89 bits per heavy atom. The van der Waals surface area contributed by atoms with Crippen molar-refractivity contribution in [3.8, 4) is 11.4 Å². The van der Waals surface area contributed by atoms with Gasteiger partial charge in [0.2, 0.25) is 5.82 Å². The minimum atomic E-state index is -4.72. The first-order chi connectivity index (χ1) is 12.9. The van der Waals surface area contributed by atoms with E-state index in [1.165, 1.54) is 23.2 Å². The normalized spacial score (nSPS) is 17.2. The number of hydrogen-bond donors (Lipinski definition) is 0. The molecule has 0 radical (unpaired) electrons. The highest BCUT2D eigenvalue weighted by Gasteiger charge is 2.39. The Kier molecular flexibility index (Phi) is 4.02. The van der Waals surface area contributed by atoms with Crippen LogP contribution in [-0.4, -0.2) is 27.8 Å². The molecule has 0 bridgehead atoms. The summed E-state index contributed by atoms with van der Waals surface area (Å²) in [5.74, 6) is -1.38. The van der Waals surface area contributed by atoms with E-state index in [-0.39, 0.29) is 24.0 Å². The van der Waals surface area contributed by atoms with Gasteiger partial charge in [0.1, 0.15) is 18.5 Å². The van der Waals surface area contributed by atoms with Crippen molar-refractivity contribution in [3.63, 3.8) is 0 Å². The Morgan fingerprint density at radius 3 is 2.52 bits per heavy atom. The van der Waals surface area contributed by atoms with Gasteiger partial charge in [0.05, 0.1) is 0 Å². The van der Waals surface area contributed by atoms with Gasteiger partial charge in [0, 0.05) is 11.8 Å². The number of aromatic nitrogens is 3. The van der Waals surface area contributed by atoms with E-state index in [2.05, 4.69) is 19.6 Å². The van der Waals surface area contributed by atoms with Crippen LogP contribution in [0.1, 0.15) is 17.5 Å². The van der Waals surface area contributed by atoms with Crippen LogP contribution in [0.15, 0.2) is 53.2 Å². The quantitative estimate of drug-likeness (QED) is 0.691. The molecule has 1 aliphatic heterocycles. The largest absolute Gasteiger partial charge is 0.471 e. The van der Waals surface area contributed by atoms with E-state index < -0.39 is 18.2 Å². The number of alkyl halides is 3. The van der Waals surface area contributed by atoms with Crippen molar-refractivity contribution < 1.29 is 27.2 Å². The maximum Gasteiger partial charge on any atom is 0.471 e. The van der Waals surface area contributed by atoms with Crippen molar-refractivity contribution in [2.24, 2.45) is 0 Å². The van der Waals surface area contributed by atoms with Gasteiger partial charge >= 0.3 is 18.2 Å². The second-order valence-electron chi connectivity index (χ2n) is 5.70. The van der Waals surface area contributed by atoms with Crippen LogP contribution in [0.5, 0.6) is 0 Å². The minimum Gasteiger partial charge on any atom is -0.447 e. The van der Waals surface area contributed by atoms with Crippen molar-refractivity contribution in [1.82, 2.24) is 15.1 Å². The highest BCUT2D eigenvalue weighted by Crippen LogP contribution is 2.33. The van der Waals surface area contributed by atoms with E-state index >= 15 is 0 Å². The summed E-state index contributed by atoms with van der Waals surface area (Å²) < 4.78 is 47.0. The number of anilines is 1. The number of pyridine rings is 1. The highest BCUT2D eigenvalue weighted by molar-refractivity contribution is 5.89. The molecule has 0 aliphatic carbocycles. The molecule has 138 valence electrons. The predicted octanol–water partition coefficient (Wildman–Crippen LogP) is 3.85. The number of halogens is 3. The number of nitrogens with zero attached hydrogens (tertiary/aromatic N) is 4. The third-order valence-electron chi connectivity index (χ3n) is 3.98. The average molecular weight is 376 g/mol. The van der Waals surface area contributed by atoms with E-state index in [4.69, 9.17) is 4.74 Å². The first kappa shape index (κ1) is 17.0. The maximum atomic E-state index is 12.6. The molecule has 3 heterocycles. The van der Waals surface area contributed by atoms with Gasteiger partial charge in [-0.05, 0) is 17.7 Å². The van der Waals surface area contributed by atoms with Crippen molar-refractivity contribution in [2.75, 3.05) is 11.5 Å². The van der Waals surface area contributed by atoms with Crippen LogP contribution in [0.3, 0.4) is 0 Å². The zero-order valence-electron chi connectivity index (χ0n) is 13.6. The lowest BCUT2D eigenvalue weighted by Gasteiger charge is -2.20. The first-order valence-corrected chi connectivity index (χ1v) is 7.82. The lowest BCUT2D eigenvalue weighted by Crippen LogP contribution is -2.28. The van der Waals surface area contributed by atoms with Gasteiger partial charge in [-0.25, -0.2) is 9.78 Å². The Labute approximate surface area is 150 Å². The summed E-state index contributed by atoms with van der Waals surface area (Å²) >= 11 is 0. The van der Waals surface area contributed by atoms with E-state index in [1.54, 1.807) is 0 Å². The molecule has 27 heavy (non-hydrogen) atoms. The van der Waals surface area contributed by atoms with E-state index in [0.717, 1.165) is 5.56 Å². The van der Waals surface area contributed by atoms with Crippen molar-refractivity contribution in [3.05, 3.63) is 60.1 Å². The number of carbonyl (C=O) groups excluding carboxylic acids is 1. The molecular formula is C17H11F3N4O3. The number of carbonyl (C=O) groups is 1. The summed E-state index contributed by atoms with van der Waals surface area (Å²) in [6.07, 6.45) is -4.00. The molecule has 0 spiro atoms. The standard InChI is InChI=1S/C17H11F3N4O3/c18-17(19,20)15-22-14(23-27-15)11-6-7-13(21-8-11)24-12(9-26-16(24)25)10-4-2-1-3-5-10/h1-8,12H,9H2. The molecule has 3 aromatic rings. The summed E-state index contributed by atoms with van der Waals surface area (Å²) in [5.41, 5.74) is 1.10. The number of benzene rings is 1. The number of rotatable bonds is 3. The molecule has 1 amide bonds. The van der Waals surface area contributed by atoms with E-state index in [0.29, 0.717) is 5.82 Å². The predicted molar refractivity (Wildman–Crippen MR) is 85.5 cm³/mol. The topological polar surface area (TPSA) is 81.4 Å². The molecule has 0 N–H and O–H groups in total. The van der Waals surface area contributed by atoms with Crippen LogP contribution in [-0.2, 0) is 10.9 Å². The second-order valence-corrected chi connectivity index (χ2v) is 5.70. The Morgan fingerprint density at radius 1 is 1.11 bits per heavy atom. The smallest absolute Gasteiger partial charge is 0.447 e. The molecule has 0 saturated carbocycles. The fourth-order valence-electron chi connectivity index (χ4n) is 2.71. The number of cyclic esters (lactones) is 1. The van der Waals surface area contributed by atoms with Gasteiger partial charge in [-0.1, -0.05) is 35.5 Å². The van der Waals surface area contributed by atoms with Gasteiger partial charge in [-0.3, -0.25) is 4.90 Å². The Hall–Kier alpha value is -3.43. The molecule has 1 unspecified atom stereocenters. The van der Waals surface area contributed by atoms with Crippen LogP contribution < -0.4 is 4.90 Å². The average Bonchev–Trinajstić information content (AvgIpc) is 3.30. The fourth-order valence-corrected chi connectivity index (χ4v) is 2.71. The van der Waals surface area contributed by atoms with E-state index in [1.807, 2.05) is 30.3 Å². The monoisotopic (exact) mass is 376 g/mol. The highest BCUT2D eigenvalue weighted by atomic mass is 19.4. The van der Waals surface area contributed by atoms with E-state index in [9.17, 15) is 18.0 Å². The molecule has 1 atom stereocenters. The fraction of sp³-hybridized carbons (Fsp3) is 0.176. The zero-order valence-corrected chi connectivity index (χ0v) is 13.6. The molecule has 10 heteroatoms. The lowest BCUT2D eigenvalue weighted by molar-refractivity contribution is -0.159. The van der Waals surface area contributed by atoms with Gasteiger partial charge < -0.3 is 9.26 Å². The molecule has 4 rings (SSSR count). The minimum absolute atomic E-state index is 0.173. The van der Waals surface area contributed by atoms with Gasteiger partial charge in [0.25, 0.3) is 0 Å². The van der Waals surface area contributed by atoms with Gasteiger partial charge in [-0.2, -0.15) is 18.2 Å². The van der Waals surface area contributed by atoms with Crippen molar-refractivity contribution >= 4 is 11.9 Å². The Bertz CT molecular complexity index is 958. The SMILES string of the molecule is O=C1OCC(c2ccccc2)N1c1ccc(-c2noc(C(F)(F)F)n2)cn1. The van der Waals surface area contributed by atoms with Gasteiger partial charge in [-0.15, -0.1) is 0 Å². The van der Waals surface area contributed by atoms with Crippen LogP contribution in [0, 0.1) is 0 Å². The second kappa shape index (κ2) is 6.38. The summed E-state index contributed by atoms with van der Waals surface area (Å²) in [4.78, 5) is 21.0. The van der Waals surface area contributed by atoms with Crippen molar-refractivity contribution in [1.29, 1.82) is 0 Å². The summed E-state index contributed by atoms with van der Waals surface area (Å²) in [5, 5.41) is 3.31. The molecule has 7 nitrogen and oxygen atoms in total. The first-order valence-electron chi connectivity index (χ1n) is 7.82. The molecule has 1 saturated heterocycles. The molecule has 1 aliphatic rings. The van der Waals surface area contributed by atoms with Crippen LogP contribution in [0.25, 0.3) is 11.4 Å². The summed E-state index contributed by atoms with van der Waals surface area (Å²) in [6, 6.07) is 11.9. The van der Waals surface area contributed by atoms with Gasteiger partial charge in [0.15, 0.2) is 0 Å². The summed E-state index contributed by atoms with van der Waals surface area (Å²) in [6.45, 7) is 0.173. The van der Waals surface area contributed by atoms with Crippen LogP contribution in [0.2, 0.25) is 0 Å². The third-order valence-corrected chi connectivity index (χ3v) is 3.98. The number of amides is 1. The maximum absolute atomic E-state index is 12.6. The zero-order chi connectivity index (χ0) is 19.0. The number of hydrogen-bond acceptors (Lipinski definition) is 6. The molecule has 1 fully saturated rings. The molecule has 2 aromatic heterocycles. The third kappa shape index (κ3) is 3.21. The molecular weight excluding hydrogens is 365 g/mol. The Balaban J connectivity index is 1.61. The summed E-state index contributed by atoms with van der Waals surface area (Å²) in [7, 11) is 0. The van der Waals surface area contributed by atoms with Crippen molar-refractivity contribution in [2.45, 2.75) is 12.2 Å². The number of ether oxygens (including phenoxy) is 1. The molecule has 1 aromatic carbocycles. The van der Waals surface area contributed by atoms with Crippen LogP contribution >= 0.6 is 0 Å².